The molecule has 0 atom stereocenters. The smallest absolute Gasteiger partial charge is 0.357 e. The Balaban J connectivity index is 1.55. The second kappa shape index (κ2) is 10.2. The molecular formula is C28H28BrN5O3. The first kappa shape index (κ1) is 24.1. The minimum absolute atomic E-state index is 0.262. The highest BCUT2D eigenvalue weighted by molar-refractivity contribution is 9.10. The SMILES string of the molecule is CCOC(=O)c1cc(-c2ccc(N3CCOCC3)cc2)c2c(C3CCC3)nn(-c3cccc(Br)n3)c2n1. The fourth-order valence-electron chi connectivity index (χ4n) is 5.00. The molecule has 8 nitrogen and oxygen atoms in total. The highest BCUT2D eigenvalue weighted by atomic mass is 79.9. The van der Waals surface area contributed by atoms with Gasteiger partial charge in [0.2, 0.25) is 0 Å². The number of halogens is 1. The van der Waals surface area contributed by atoms with E-state index >= 15 is 0 Å². The normalized spacial score (nSPS) is 16.1. The van der Waals surface area contributed by atoms with Gasteiger partial charge in [-0.1, -0.05) is 24.6 Å². The highest BCUT2D eigenvalue weighted by Crippen LogP contribution is 2.43. The van der Waals surface area contributed by atoms with E-state index in [4.69, 9.17) is 19.6 Å². The number of fused-ring (bicyclic) bond motifs is 1. The third-order valence-electron chi connectivity index (χ3n) is 7.11. The number of nitrogens with zero attached hydrogens (tertiary/aromatic N) is 5. The second-order valence-electron chi connectivity index (χ2n) is 9.36. The van der Waals surface area contributed by atoms with Crippen LogP contribution >= 0.6 is 15.9 Å². The van der Waals surface area contributed by atoms with Crippen LogP contribution in [0.2, 0.25) is 0 Å². The summed E-state index contributed by atoms with van der Waals surface area (Å²) >= 11 is 3.47. The molecule has 0 amide bonds. The van der Waals surface area contributed by atoms with Crippen molar-refractivity contribution in [1.82, 2.24) is 19.7 Å². The van der Waals surface area contributed by atoms with Crippen LogP contribution in [-0.2, 0) is 9.47 Å². The quantitative estimate of drug-likeness (QED) is 0.226. The summed E-state index contributed by atoms with van der Waals surface area (Å²) in [5, 5.41) is 6.01. The first-order chi connectivity index (χ1) is 18.1. The minimum atomic E-state index is -0.448. The lowest BCUT2D eigenvalue weighted by atomic mass is 9.81. The molecule has 0 spiro atoms. The summed E-state index contributed by atoms with van der Waals surface area (Å²) in [4.78, 5) is 24.6. The van der Waals surface area contributed by atoms with Crippen molar-refractivity contribution in [2.24, 2.45) is 0 Å². The second-order valence-corrected chi connectivity index (χ2v) is 10.2. The number of aromatic nitrogens is 4. The molecule has 0 bridgehead atoms. The van der Waals surface area contributed by atoms with Crippen molar-refractivity contribution < 1.29 is 14.3 Å². The van der Waals surface area contributed by atoms with E-state index in [9.17, 15) is 4.79 Å². The average Bonchev–Trinajstić information content (AvgIpc) is 3.27. The van der Waals surface area contributed by atoms with Crippen molar-refractivity contribution in [2.45, 2.75) is 32.1 Å². The van der Waals surface area contributed by atoms with Crippen LogP contribution in [0.1, 0.15) is 48.3 Å². The van der Waals surface area contributed by atoms with Gasteiger partial charge in [-0.25, -0.2) is 14.8 Å². The third-order valence-corrected chi connectivity index (χ3v) is 7.55. The van der Waals surface area contributed by atoms with Crippen molar-refractivity contribution in [3.05, 3.63) is 64.5 Å². The van der Waals surface area contributed by atoms with E-state index in [-0.39, 0.29) is 12.3 Å². The number of pyridine rings is 2. The maximum atomic E-state index is 12.9. The van der Waals surface area contributed by atoms with Gasteiger partial charge in [0.05, 0.1) is 30.9 Å². The molecule has 0 unspecified atom stereocenters. The van der Waals surface area contributed by atoms with Crippen LogP contribution in [0, 0.1) is 0 Å². The molecular weight excluding hydrogens is 534 g/mol. The maximum Gasteiger partial charge on any atom is 0.357 e. The molecule has 1 aliphatic heterocycles. The molecule has 37 heavy (non-hydrogen) atoms. The van der Waals surface area contributed by atoms with Gasteiger partial charge < -0.3 is 14.4 Å². The zero-order valence-corrected chi connectivity index (χ0v) is 22.3. The average molecular weight is 562 g/mol. The monoisotopic (exact) mass is 561 g/mol. The molecule has 2 fully saturated rings. The lowest BCUT2D eigenvalue weighted by Crippen LogP contribution is -2.36. The maximum absolute atomic E-state index is 12.9. The molecule has 1 saturated carbocycles. The zero-order chi connectivity index (χ0) is 25.4. The molecule has 2 aliphatic rings. The fourth-order valence-corrected chi connectivity index (χ4v) is 5.33. The van der Waals surface area contributed by atoms with Gasteiger partial charge in [0, 0.05) is 24.7 Å². The van der Waals surface area contributed by atoms with Gasteiger partial charge in [-0.05, 0) is 77.2 Å². The summed E-state index contributed by atoms with van der Waals surface area (Å²) in [6.45, 7) is 5.31. The van der Waals surface area contributed by atoms with E-state index < -0.39 is 5.97 Å². The van der Waals surface area contributed by atoms with Crippen molar-refractivity contribution in [3.63, 3.8) is 0 Å². The summed E-state index contributed by atoms with van der Waals surface area (Å²) in [5.41, 5.74) is 5.00. The van der Waals surface area contributed by atoms with Crippen molar-refractivity contribution in [1.29, 1.82) is 0 Å². The number of rotatable bonds is 6. The Hall–Kier alpha value is -3.30. The Labute approximate surface area is 223 Å². The topological polar surface area (TPSA) is 82.4 Å². The molecule has 4 heterocycles. The number of hydrogen-bond acceptors (Lipinski definition) is 7. The summed E-state index contributed by atoms with van der Waals surface area (Å²) in [6.07, 6.45) is 3.37. The molecule has 3 aromatic heterocycles. The molecule has 4 aromatic rings. The van der Waals surface area contributed by atoms with Gasteiger partial charge in [-0.2, -0.15) is 9.78 Å². The van der Waals surface area contributed by atoms with Crippen molar-refractivity contribution in [3.8, 4) is 16.9 Å². The number of morpholine rings is 1. The number of ether oxygens (including phenoxy) is 2. The molecule has 1 saturated heterocycles. The molecule has 0 N–H and O–H groups in total. The predicted molar refractivity (Wildman–Crippen MR) is 145 cm³/mol. The van der Waals surface area contributed by atoms with Gasteiger partial charge in [0.25, 0.3) is 0 Å². The van der Waals surface area contributed by atoms with Crippen molar-refractivity contribution in [2.75, 3.05) is 37.8 Å². The molecule has 190 valence electrons. The van der Waals surface area contributed by atoms with Gasteiger partial charge >= 0.3 is 5.97 Å². The van der Waals surface area contributed by atoms with Crippen LogP contribution in [0.15, 0.2) is 53.1 Å². The van der Waals surface area contributed by atoms with Gasteiger partial charge in [0.15, 0.2) is 17.2 Å². The fraction of sp³-hybridized carbons (Fsp3) is 0.357. The number of anilines is 1. The number of benzene rings is 1. The number of carbonyl (C=O) groups excluding carboxylic acids is 1. The van der Waals surface area contributed by atoms with Crippen LogP contribution in [0.3, 0.4) is 0 Å². The lowest BCUT2D eigenvalue weighted by molar-refractivity contribution is 0.0520. The Morgan fingerprint density at radius 3 is 2.57 bits per heavy atom. The zero-order valence-electron chi connectivity index (χ0n) is 20.7. The molecule has 1 aromatic carbocycles. The van der Waals surface area contributed by atoms with E-state index in [1.165, 1.54) is 6.42 Å². The first-order valence-corrected chi connectivity index (χ1v) is 13.6. The van der Waals surface area contributed by atoms with E-state index in [1.54, 1.807) is 11.6 Å². The Morgan fingerprint density at radius 2 is 1.89 bits per heavy atom. The highest BCUT2D eigenvalue weighted by Gasteiger charge is 2.30. The van der Waals surface area contributed by atoms with E-state index in [0.29, 0.717) is 22.0 Å². The van der Waals surface area contributed by atoms with E-state index in [0.717, 1.165) is 67.0 Å². The van der Waals surface area contributed by atoms with Gasteiger partial charge in [-0.15, -0.1) is 0 Å². The lowest BCUT2D eigenvalue weighted by Gasteiger charge is -2.29. The Bertz CT molecular complexity index is 1440. The predicted octanol–water partition coefficient (Wildman–Crippen LogP) is 5.53. The minimum Gasteiger partial charge on any atom is -0.461 e. The molecule has 0 radical (unpaired) electrons. The third kappa shape index (κ3) is 4.62. The van der Waals surface area contributed by atoms with Crippen molar-refractivity contribution >= 4 is 38.6 Å². The number of hydrogen-bond donors (Lipinski definition) is 0. The summed E-state index contributed by atoms with van der Waals surface area (Å²) in [7, 11) is 0. The Kier molecular flexibility index (Phi) is 6.65. The number of esters is 1. The molecule has 1 aliphatic carbocycles. The van der Waals surface area contributed by atoms with E-state index in [1.807, 2.05) is 24.3 Å². The Morgan fingerprint density at radius 1 is 1.11 bits per heavy atom. The van der Waals surface area contributed by atoms with Crippen LogP contribution < -0.4 is 4.90 Å². The molecule has 6 rings (SSSR count). The summed E-state index contributed by atoms with van der Waals surface area (Å²) < 4.78 is 13.3. The van der Waals surface area contributed by atoms with Crippen LogP contribution in [0.25, 0.3) is 28.0 Å². The molecule has 9 heteroatoms. The first-order valence-electron chi connectivity index (χ1n) is 12.8. The van der Waals surface area contributed by atoms with Crippen LogP contribution in [0.4, 0.5) is 5.69 Å². The largest absolute Gasteiger partial charge is 0.461 e. The standard InChI is InChI=1S/C28H28BrN5O3/c1-2-37-28(35)22-17-21(18-9-11-20(12-10-18)33-13-15-36-16-14-33)25-26(19-5-3-6-19)32-34(27(25)30-22)24-8-4-7-23(29)31-24/h4,7-12,17,19H,2-3,5-6,13-16H2,1H3. The van der Waals surface area contributed by atoms with Crippen LogP contribution in [0.5, 0.6) is 0 Å². The van der Waals surface area contributed by atoms with Gasteiger partial charge in [0.1, 0.15) is 4.60 Å². The summed E-state index contributed by atoms with van der Waals surface area (Å²) in [6, 6.07) is 16.1. The number of carbonyl (C=O) groups is 1. The summed E-state index contributed by atoms with van der Waals surface area (Å²) in [5.74, 6) is 0.556. The van der Waals surface area contributed by atoms with Crippen LogP contribution in [-0.4, -0.2) is 58.6 Å². The van der Waals surface area contributed by atoms with Gasteiger partial charge in [-0.3, -0.25) is 0 Å². The van der Waals surface area contributed by atoms with E-state index in [2.05, 4.69) is 50.1 Å².